The maximum Gasteiger partial charge on any atom is 0.244 e. The van der Waals surface area contributed by atoms with Crippen molar-refractivity contribution in [2.45, 2.75) is 18.9 Å². The number of rotatable bonds is 3. The minimum Gasteiger partial charge on any atom is -0.473 e. The van der Waals surface area contributed by atoms with Gasteiger partial charge in [0.05, 0.1) is 24.4 Å². The summed E-state index contributed by atoms with van der Waals surface area (Å²) in [6.07, 6.45) is 5.00. The van der Waals surface area contributed by atoms with E-state index in [1.165, 1.54) is 6.33 Å². The Morgan fingerprint density at radius 1 is 1.04 bits per heavy atom. The smallest absolute Gasteiger partial charge is 0.244 e. The van der Waals surface area contributed by atoms with Crippen molar-refractivity contribution in [3.05, 3.63) is 41.9 Å². The molecule has 0 spiro atoms. The first-order valence-electron chi connectivity index (χ1n) is 7.78. The minimum atomic E-state index is 0.0968. The highest BCUT2D eigenvalue weighted by Gasteiger charge is 2.18. The molecule has 3 aromatic rings. The number of halogens is 1. The first-order chi connectivity index (χ1) is 11.8. The standard InChI is InChI=1S/C17H15ClN4O2/c18-15-4-1-11(9-19-15)13-2-3-14-16(22-13)17(21-10-20-14)24-12-5-7-23-8-6-12/h1-4,9-10,12H,5-8H2. The molecule has 0 bridgehead atoms. The second-order valence-electron chi connectivity index (χ2n) is 5.54. The largest absolute Gasteiger partial charge is 0.473 e. The summed E-state index contributed by atoms with van der Waals surface area (Å²) in [7, 11) is 0. The number of nitrogens with zero attached hydrogens (tertiary/aromatic N) is 4. The molecule has 24 heavy (non-hydrogen) atoms. The van der Waals surface area contributed by atoms with E-state index in [-0.39, 0.29) is 6.10 Å². The van der Waals surface area contributed by atoms with E-state index in [0.717, 1.165) is 29.6 Å². The highest BCUT2D eigenvalue weighted by Crippen LogP contribution is 2.26. The first kappa shape index (κ1) is 15.2. The Morgan fingerprint density at radius 3 is 2.71 bits per heavy atom. The van der Waals surface area contributed by atoms with Gasteiger partial charge in [-0.25, -0.2) is 15.0 Å². The van der Waals surface area contributed by atoms with E-state index in [1.807, 2.05) is 18.2 Å². The molecule has 122 valence electrons. The third-order valence-electron chi connectivity index (χ3n) is 3.92. The summed E-state index contributed by atoms with van der Waals surface area (Å²) in [5.41, 5.74) is 3.05. The van der Waals surface area contributed by atoms with Gasteiger partial charge in [-0.2, -0.15) is 4.98 Å². The third kappa shape index (κ3) is 3.16. The van der Waals surface area contributed by atoms with Crippen LogP contribution in [0.5, 0.6) is 5.88 Å². The highest BCUT2D eigenvalue weighted by molar-refractivity contribution is 6.29. The molecule has 1 saturated heterocycles. The van der Waals surface area contributed by atoms with Gasteiger partial charge in [0.2, 0.25) is 5.88 Å². The second kappa shape index (κ2) is 6.67. The monoisotopic (exact) mass is 342 g/mol. The van der Waals surface area contributed by atoms with Crippen molar-refractivity contribution in [2.24, 2.45) is 0 Å². The van der Waals surface area contributed by atoms with E-state index >= 15 is 0 Å². The third-order valence-corrected chi connectivity index (χ3v) is 4.14. The molecule has 1 aliphatic rings. The van der Waals surface area contributed by atoms with Crippen LogP contribution in [0.1, 0.15) is 12.8 Å². The first-order valence-corrected chi connectivity index (χ1v) is 8.15. The predicted octanol–water partition coefficient (Wildman–Crippen LogP) is 3.30. The second-order valence-corrected chi connectivity index (χ2v) is 5.93. The van der Waals surface area contributed by atoms with E-state index in [1.54, 1.807) is 12.3 Å². The topological polar surface area (TPSA) is 70.0 Å². The van der Waals surface area contributed by atoms with Gasteiger partial charge in [-0.1, -0.05) is 11.6 Å². The Kier molecular flexibility index (Phi) is 4.23. The van der Waals surface area contributed by atoms with Gasteiger partial charge >= 0.3 is 0 Å². The van der Waals surface area contributed by atoms with Crippen LogP contribution in [-0.4, -0.2) is 39.3 Å². The molecular formula is C17H15ClN4O2. The summed E-state index contributed by atoms with van der Waals surface area (Å²) in [4.78, 5) is 17.3. The Hall–Kier alpha value is -2.31. The quantitative estimate of drug-likeness (QED) is 0.680. The maximum absolute atomic E-state index is 6.05. The zero-order chi connectivity index (χ0) is 16.4. The van der Waals surface area contributed by atoms with Crippen molar-refractivity contribution in [1.82, 2.24) is 19.9 Å². The van der Waals surface area contributed by atoms with E-state index in [0.29, 0.717) is 29.8 Å². The summed E-state index contributed by atoms with van der Waals surface area (Å²) < 4.78 is 11.4. The Balaban J connectivity index is 1.71. The molecule has 7 heteroatoms. The Morgan fingerprint density at radius 2 is 1.92 bits per heavy atom. The molecule has 0 aliphatic carbocycles. The number of ether oxygens (including phenoxy) is 2. The van der Waals surface area contributed by atoms with Crippen molar-refractivity contribution < 1.29 is 9.47 Å². The molecule has 0 radical (unpaired) electrons. The fourth-order valence-electron chi connectivity index (χ4n) is 2.64. The lowest BCUT2D eigenvalue weighted by molar-refractivity contribution is 0.0243. The minimum absolute atomic E-state index is 0.0968. The molecule has 0 unspecified atom stereocenters. The average molecular weight is 343 g/mol. The van der Waals surface area contributed by atoms with Gasteiger partial charge in [-0.15, -0.1) is 0 Å². The molecule has 0 aromatic carbocycles. The highest BCUT2D eigenvalue weighted by atomic mass is 35.5. The number of pyridine rings is 2. The lowest BCUT2D eigenvalue weighted by Gasteiger charge is -2.22. The summed E-state index contributed by atoms with van der Waals surface area (Å²) in [6.45, 7) is 1.42. The number of aromatic nitrogens is 4. The fourth-order valence-corrected chi connectivity index (χ4v) is 2.76. The average Bonchev–Trinajstić information content (AvgIpc) is 2.63. The van der Waals surface area contributed by atoms with Crippen LogP contribution < -0.4 is 4.74 Å². The van der Waals surface area contributed by atoms with Gasteiger partial charge in [0.25, 0.3) is 0 Å². The summed E-state index contributed by atoms with van der Waals surface area (Å²) in [5.74, 6) is 0.510. The summed E-state index contributed by atoms with van der Waals surface area (Å²) in [5, 5.41) is 0.450. The van der Waals surface area contributed by atoms with Crippen LogP contribution in [0.15, 0.2) is 36.8 Å². The van der Waals surface area contributed by atoms with Crippen LogP contribution in [0.4, 0.5) is 0 Å². The molecular weight excluding hydrogens is 328 g/mol. The van der Waals surface area contributed by atoms with Crippen molar-refractivity contribution in [3.63, 3.8) is 0 Å². The summed E-state index contributed by atoms with van der Waals surface area (Å²) >= 11 is 5.85. The molecule has 0 saturated carbocycles. The van der Waals surface area contributed by atoms with Gasteiger partial charge in [0.1, 0.15) is 17.6 Å². The Bertz CT molecular complexity index is 851. The molecule has 4 heterocycles. The van der Waals surface area contributed by atoms with Crippen LogP contribution >= 0.6 is 11.6 Å². The van der Waals surface area contributed by atoms with Crippen molar-refractivity contribution in [1.29, 1.82) is 0 Å². The van der Waals surface area contributed by atoms with Crippen LogP contribution in [0, 0.1) is 0 Å². The van der Waals surface area contributed by atoms with E-state index in [9.17, 15) is 0 Å². The van der Waals surface area contributed by atoms with Crippen molar-refractivity contribution in [3.8, 4) is 17.1 Å². The van der Waals surface area contributed by atoms with Gasteiger partial charge in [0.15, 0.2) is 5.52 Å². The lowest BCUT2D eigenvalue weighted by atomic mass is 10.1. The van der Waals surface area contributed by atoms with Crippen molar-refractivity contribution in [2.75, 3.05) is 13.2 Å². The molecule has 1 fully saturated rings. The van der Waals surface area contributed by atoms with Gasteiger partial charge < -0.3 is 9.47 Å². The van der Waals surface area contributed by atoms with Gasteiger partial charge in [0, 0.05) is 24.6 Å². The lowest BCUT2D eigenvalue weighted by Crippen LogP contribution is -2.26. The molecule has 0 amide bonds. The van der Waals surface area contributed by atoms with Gasteiger partial charge in [-0.3, -0.25) is 0 Å². The number of hydrogen-bond donors (Lipinski definition) is 0. The van der Waals surface area contributed by atoms with E-state index < -0.39 is 0 Å². The normalized spacial score (nSPS) is 15.5. The number of hydrogen-bond acceptors (Lipinski definition) is 6. The van der Waals surface area contributed by atoms with Crippen LogP contribution in [0.2, 0.25) is 5.15 Å². The predicted molar refractivity (Wildman–Crippen MR) is 90.0 cm³/mol. The Labute approximate surface area is 143 Å². The van der Waals surface area contributed by atoms with Gasteiger partial charge in [-0.05, 0) is 24.3 Å². The number of fused-ring (bicyclic) bond motifs is 1. The van der Waals surface area contributed by atoms with Crippen LogP contribution in [0.3, 0.4) is 0 Å². The molecule has 0 atom stereocenters. The zero-order valence-corrected chi connectivity index (χ0v) is 13.6. The molecule has 3 aromatic heterocycles. The zero-order valence-electron chi connectivity index (χ0n) is 12.9. The summed E-state index contributed by atoms with van der Waals surface area (Å²) in [6, 6.07) is 7.43. The fraction of sp³-hybridized carbons (Fsp3) is 0.294. The van der Waals surface area contributed by atoms with Crippen molar-refractivity contribution >= 4 is 22.6 Å². The van der Waals surface area contributed by atoms with E-state index in [2.05, 4.69) is 19.9 Å². The maximum atomic E-state index is 6.05. The molecule has 0 N–H and O–H groups in total. The van der Waals surface area contributed by atoms with Crippen LogP contribution in [-0.2, 0) is 4.74 Å². The molecule has 4 rings (SSSR count). The SMILES string of the molecule is Clc1ccc(-c2ccc3ncnc(OC4CCOCC4)c3n2)cn1. The van der Waals surface area contributed by atoms with E-state index in [4.69, 9.17) is 21.1 Å². The molecule has 1 aliphatic heterocycles. The molecule has 6 nitrogen and oxygen atoms in total. The van der Waals surface area contributed by atoms with Crippen LogP contribution in [0.25, 0.3) is 22.3 Å².